The van der Waals surface area contributed by atoms with Crippen LogP contribution in [0.3, 0.4) is 0 Å². The summed E-state index contributed by atoms with van der Waals surface area (Å²) in [5.41, 5.74) is 3.32. The number of hydrogen-bond donors (Lipinski definition) is 1. The predicted molar refractivity (Wildman–Crippen MR) is 92.8 cm³/mol. The summed E-state index contributed by atoms with van der Waals surface area (Å²) in [4.78, 5) is 15.4. The molecule has 2 amide bonds. The third-order valence-corrected chi connectivity index (χ3v) is 4.85. The molecule has 0 spiro atoms. The molecule has 1 heterocycles. The predicted octanol–water partition coefficient (Wildman–Crippen LogP) is 4.65. The van der Waals surface area contributed by atoms with Crippen molar-refractivity contribution in [3.05, 3.63) is 58.6 Å². The Balaban J connectivity index is 1.75. The Hall–Kier alpha value is -1.65. The van der Waals surface area contributed by atoms with Crippen LogP contribution in [0.4, 0.5) is 10.5 Å². The van der Waals surface area contributed by atoms with Gasteiger partial charge >= 0.3 is 6.03 Å². The number of anilines is 1. The van der Waals surface area contributed by atoms with Gasteiger partial charge in [0.2, 0.25) is 0 Å². The fourth-order valence-electron chi connectivity index (χ4n) is 2.64. The summed E-state index contributed by atoms with van der Waals surface area (Å²) in [6.07, 6.45) is 2.88. The topological polar surface area (TPSA) is 32.3 Å². The van der Waals surface area contributed by atoms with Crippen molar-refractivity contribution in [3.8, 4) is 0 Å². The van der Waals surface area contributed by atoms with Crippen LogP contribution < -0.4 is 5.32 Å². The van der Waals surface area contributed by atoms with Crippen LogP contribution in [0, 0.1) is 0 Å². The van der Waals surface area contributed by atoms with Gasteiger partial charge in [-0.1, -0.05) is 35.9 Å². The van der Waals surface area contributed by atoms with Crippen molar-refractivity contribution in [1.29, 1.82) is 0 Å². The molecule has 22 heavy (non-hydrogen) atoms. The zero-order valence-corrected chi connectivity index (χ0v) is 13.9. The third-order valence-electron chi connectivity index (χ3n) is 3.82. The summed E-state index contributed by atoms with van der Waals surface area (Å²) in [5.74, 6) is 0. The van der Waals surface area contributed by atoms with Crippen LogP contribution >= 0.6 is 23.4 Å². The van der Waals surface area contributed by atoms with Gasteiger partial charge in [-0.25, -0.2) is 4.79 Å². The van der Waals surface area contributed by atoms with Crippen LogP contribution in [0.1, 0.15) is 11.1 Å². The Labute approximate surface area is 139 Å². The Morgan fingerprint density at radius 3 is 2.77 bits per heavy atom. The number of amides is 2. The van der Waals surface area contributed by atoms with E-state index < -0.39 is 0 Å². The Morgan fingerprint density at radius 1 is 1.23 bits per heavy atom. The molecule has 0 unspecified atom stereocenters. The van der Waals surface area contributed by atoms with E-state index in [0.29, 0.717) is 11.6 Å². The molecule has 3 rings (SSSR count). The zero-order valence-electron chi connectivity index (χ0n) is 12.3. The number of carbonyl (C=O) groups excluding carboxylic acids is 1. The smallest absolute Gasteiger partial charge is 0.320 e. The molecule has 2 aromatic carbocycles. The molecule has 0 saturated carbocycles. The molecule has 0 aromatic heterocycles. The lowest BCUT2D eigenvalue weighted by atomic mass is 10.0. The number of thioether (sulfide) groups is 1. The number of benzene rings is 2. The van der Waals surface area contributed by atoms with E-state index in [1.165, 1.54) is 11.1 Å². The largest absolute Gasteiger partial charge is 0.322 e. The van der Waals surface area contributed by atoms with Gasteiger partial charge in [-0.15, -0.1) is 11.8 Å². The highest BCUT2D eigenvalue weighted by Gasteiger charge is 2.21. The van der Waals surface area contributed by atoms with Gasteiger partial charge in [0, 0.05) is 23.0 Å². The van der Waals surface area contributed by atoms with Crippen LogP contribution in [-0.4, -0.2) is 23.7 Å². The summed E-state index contributed by atoms with van der Waals surface area (Å²) < 4.78 is 0. The molecule has 0 bridgehead atoms. The molecule has 5 heteroatoms. The first-order valence-corrected chi connectivity index (χ1v) is 8.74. The van der Waals surface area contributed by atoms with Crippen molar-refractivity contribution in [2.75, 3.05) is 18.1 Å². The minimum atomic E-state index is -0.0768. The van der Waals surface area contributed by atoms with E-state index in [1.54, 1.807) is 17.8 Å². The molecule has 1 aliphatic rings. The highest BCUT2D eigenvalue weighted by atomic mass is 35.5. The number of carbonyl (C=O) groups is 1. The molecule has 1 aliphatic heterocycles. The van der Waals surface area contributed by atoms with Crippen molar-refractivity contribution >= 4 is 35.1 Å². The van der Waals surface area contributed by atoms with E-state index in [0.717, 1.165) is 23.5 Å². The molecule has 0 aliphatic carbocycles. The number of hydrogen-bond acceptors (Lipinski definition) is 2. The highest BCUT2D eigenvalue weighted by Crippen LogP contribution is 2.29. The van der Waals surface area contributed by atoms with Crippen molar-refractivity contribution in [3.63, 3.8) is 0 Å². The number of urea groups is 1. The van der Waals surface area contributed by atoms with E-state index in [-0.39, 0.29) is 6.03 Å². The molecule has 0 atom stereocenters. The Bertz CT molecular complexity index is 705. The fourth-order valence-corrected chi connectivity index (χ4v) is 3.35. The second-order valence-corrected chi connectivity index (χ2v) is 6.50. The van der Waals surface area contributed by atoms with E-state index in [4.69, 9.17) is 11.6 Å². The number of fused-ring (bicyclic) bond motifs is 1. The lowest BCUT2D eigenvalue weighted by Crippen LogP contribution is -2.38. The Kier molecular flexibility index (Phi) is 4.60. The van der Waals surface area contributed by atoms with E-state index in [1.807, 2.05) is 35.4 Å². The first kappa shape index (κ1) is 15.3. The van der Waals surface area contributed by atoms with Gasteiger partial charge in [0.15, 0.2) is 0 Å². The minimum absolute atomic E-state index is 0.0768. The van der Waals surface area contributed by atoms with Crippen molar-refractivity contribution in [1.82, 2.24) is 4.90 Å². The molecule has 1 N–H and O–H groups in total. The van der Waals surface area contributed by atoms with Gasteiger partial charge in [-0.3, -0.25) is 0 Å². The second-order valence-electron chi connectivity index (χ2n) is 5.22. The molecule has 0 saturated heterocycles. The van der Waals surface area contributed by atoms with Gasteiger partial charge in [0.25, 0.3) is 0 Å². The summed E-state index contributed by atoms with van der Waals surface area (Å²) >= 11 is 7.63. The average molecular weight is 333 g/mol. The quantitative estimate of drug-likeness (QED) is 0.812. The zero-order chi connectivity index (χ0) is 15.5. The lowest BCUT2D eigenvalue weighted by molar-refractivity contribution is 0.206. The standard InChI is InChI=1S/C17H17ClN2OS/c1-22-16-7-6-14(18)10-15(16)19-17(21)20-9-8-12-4-2-3-5-13(12)11-20/h2-7,10H,8-9,11H2,1H3,(H,19,21). The maximum Gasteiger partial charge on any atom is 0.322 e. The highest BCUT2D eigenvalue weighted by molar-refractivity contribution is 7.98. The van der Waals surface area contributed by atoms with Gasteiger partial charge < -0.3 is 10.2 Å². The molecular formula is C17H17ClN2OS. The average Bonchev–Trinajstić information content (AvgIpc) is 2.54. The first-order chi connectivity index (χ1) is 10.7. The number of nitrogens with zero attached hydrogens (tertiary/aromatic N) is 1. The fraction of sp³-hybridized carbons (Fsp3) is 0.235. The van der Waals surface area contributed by atoms with Gasteiger partial charge in [-0.05, 0) is 42.0 Å². The van der Waals surface area contributed by atoms with Gasteiger partial charge in [0.05, 0.1) is 5.69 Å². The lowest BCUT2D eigenvalue weighted by Gasteiger charge is -2.29. The summed E-state index contributed by atoms with van der Waals surface area (Å²) in [6, 6.07) is 13.8. The van der Waals surface area contributed by atoms with E-state index in [2.05, 4.69) is 17.4 Å². The SMILES string of the molecule is CSc1ccc(Cl)cc1NC(=O)N1CCc2ccccc2C1. The molecule has 0 fully saturated rings. The van der Waals surface area contributed by atoms with Crippen LogP contribution in [-0.2, 0) is 13.0 Å². The third kappa shape index (κ3) is 3.23. The maximum absolute atomic E-state index is 12.5. The minimum Gasteiger partial charge on any atom is -0.320 e. The van der Waals surface area contributed by atoms with Gasteiger partial charge in [0.1, 0.15) is 0 Å². The number of rotatable bonds is 2. The summed E-state index contributed by atoms with van der Waals surface area (Å²) in [6.45, 7) is 1.38. The van der Waals surface area contributed by atoms with Crippen molar-refractivity contribution < 1.29 is 4.79 Å². The summed E-state index contributed by atoms with van der Waals surface area (Å²) in [5, 5.41) is 3.61. The molecule has 3 nitrogen and oxygen atoms in total. The monoisotopic (exact) mass is 332 g/mol. The maximum atomic E-state index is 12.5. The number of halogens is 1. The Morgan fingerprint density at radius 2 is 2.00 bits per heavy atom. The van der Waals surface area contributed by atoms with Crippen LogP contribution in [0.25, 0.3) is 0 Å². The molecule has 0 radical (unpaired) electrons. The van der Waals surface area contributed by atoms with Crippen LogP contribution in [0.2, 0.25) is 5.02 Å². The van der Waals surface area contributed by atoms with Crippen LogP contribution in [0.5, 0.6) is 0 Å². The first-order valence-electron chi connectivity index (χ1n) is 7.13. The normalized spacial score (nSPS) is 13.6. The van der Waals surface area contributed by atoms with Gasteiger partial charge in [-0.2, -0.15) is 0 Å². The number of nitrogens with one attached hydrogen (secondary N) is 1. The van der Waals surface area contributed by atoms with Crippen molar-refractivity contribution in [2.24, 2.45) is 0 Å². The van der Waals surface area contributed by atoms with Crippen molar-refractivity contribution in [2.45, 2.75) is 17.9 Å². The molecule has 2 aromatic rings. The molecular weight excluding hydrogens is 316 g/mol. The molecule has 114 valence electrons. The second kappa shape index (κ2) is 6.63. The van der Waals surface area contributed by atoms with Crippen LogP contribution in [0.15, 0.2) is 47.4 Å². The van der Waals surface area contributed by atoms with E-state index >= 15 is 0 Å². The summed E-state index contributed by atoms with van der Waals surface area (Å²) in [7, 11) is 0. The van der Waals surface area contributed by atoms with E-state index in [9.17, 15) is 4.79 Å².